The van der Waals surface area contributed by atoms with E-state index in [0.29, 0.717) is 75.6 Å². The molecular weight excluding hydrogens is 844 g/mol. The molecule has 8 rings (SSSR count). The summed E-state index contributed by atoms with van der Waals surface area (Å²) < 4.78 is 18.4. The zero-order valence-corrected chi connectivity index (χ0v) is 36.2. The third-order valence-electron chi connectivity index (χ3n) is 12.4. The zero-order valence-electron chi connectivity index (χ0n) is 35.4. The fraction of sp³-hybridized carbons (Fsp3) is 0.435. The molecule has 1 spiro atoms. The standard InChI is InChI=1S/C46H51ClN8O9/c47-35-27-48-26-34(42(35)53-17-13-46(14-18-53)12-2-5-38(46)56)31-8-6-30(7-9-31)32-25-51-54(28-32)29-40(58)50-16-20-63-22-24-64-23-21-62-19-15-49-36-4-1-3-33-41(36)45(61)55(44(33)60)37-10-11-39(57)52-43(37)59/h1,3-4,6-9,25-28,37,49H,2,5,10-24,29H2,(H,50,58)(H,52,57,59). The maximum atomic E-state index is 13.2. The molecule has 1 atom stereocenters. The molecular formula is C46H51ClN8O9. The van der Waals surface area contributed by atoms with Gasteiger partial charge >= 0.3 is 0 Å². The van der Waals surface area contributed by atoms with Crippen LogP contribution in [0.2, 0.25) is 5.02 Å². The third kappa shape index (κ3) is 9.87. The van der Waals surface area contributed by atoms with E-state index in [9.17, 15) is 28.8 Å². The highest BCUT2D eigenvalue weighted by Gasteiger charge is 2.46. The first-order valence-electron chi connectivity index (χ1n) is 21.8. The van der Waals surface area contributed by atoms with Crippen molar-refractivity contribution in [2.24, 2.45) is 5.41 Å². The fourth-order valence-electron chi connectivity index (χ4n) is 9.01. The van der Waals surface area contributed by atoms with Crippen molar-refractivity contribution in [1.29, 1.82) is 0 Å². The van der Waals surface area contributed by atoms with Crippen molar-refractivity contribution >= 4 is 58.3 Å². The van der Waals surface area contributed by atoms with Crippen LogP contribution in [0.15, 0.2) is 67.3 Å². The van der Waals surface area contributed by atoms with Crippen molar-refractivity contribution in [1.82, 2.24) is 30.3 Å². The molecule has 3 N–H and O–H groups in total. The number of aromatic nitrogens is 3. The molecule has 4 aliphatic rings. The van der Waals surface area contributed by atoms with Gasteiger partial charge in [0.15, 0.2) is 0 Å². The minimum atomic E-state index is -1.03. The molecule has 64 heavy (non-hydrogen) atoms. The van der Waals surface area contributed by atoms with Gasteiger partial charge in [-0.1, -0.05) is 41.9 Å². The lowest BCUT2D eigenvalue weighted by Gasteiger charge is -2.40. The number of anilines is 2. The number of piperidine rings is 2. The van der Waals surface area contributed by atoms with E-state index in [1.165, 1.54) is 0 Å². The Morgan fingerprint density at radius 2 is 1.52 bits per heavy atom. The Hall–Kier alpha value is -6.01. The zero-order chi connectivity index (χ0) is 44.6. The second kappa shape index (κ2) is 20.2. The molecule has 4 aromatic rings. The maximum absolute atomic E-state index is 13.2. The average molecular weight is 895 g/mol. The van der Waals surface area contributed by atoms with Gasteiger partial charge in [-0.15, -0.1) is 0 Å². The number of carbonyl (C=O) groups is 6. The van der Waals surface area contributed by atoms with Gasteiger partial charge in [0.2, 0.25) is 17.7 Å². The Bertz CT molecular complexity index is 2400. The van der Waals surface area contributed by atoms with E-state index in [-0.39, 0.29) is 41.8 Å². The molecule has 2 aromatic heterocycles. The lowest BCUT2D eigenvalue weighted by Crippen LogP contribution is -2.54. The summed E-state index contributed by atoms with van der Waals surface area (Å²) in [6, 6.07) is 12.0. The first-order chi connectivity index (χ1) is 31.1. The summed E-state index contributed by atoms with van der Waals surface area (Å²) in [5.41, 5.74) is 5.42. The minimum Gasteiger partial charge on any atom is -0.382 e. The van der Waals surface area contributed by atoms with Gasteiger partial charge in [-0.2, -0.15) is 5.10 Å². The number of hydrogen-bond donors (Lipinski definition) is 3. The lowest BCUT2D eigenvalue weighted by atomic mass is 9.76. The molecule has 5 heterocycles. The normalized spacial score (nSPS) is 18.2. The predicted octanol–water partition coefficient (Wildman–Crippen LogP) is 4.28. The summed E-state index contributed by atoms with van der Waals surface area (Å²) in [5.74, 6) is -1.99. The summed E-state index contributed by atoms with van der Waals surface area (Å²) in [6.45, 7) is 4.32. The molecule has 3 aliphatic heterocycles. The van der Waals surface area contributed by atoms with Crippen LogP contribution in [0, 0.1) is 5.41 Å². The quantitative estimate of drug-likeness (QED) is 0.0890. The molecule has 2 aromatic carbocycles. The van der Waals surface area contributed by atoms with Crippen LogP contribution in [-0.4, -0.2) is 127 Å². The number of Topliss-reactive ketones (excluding diaryl/α,β-unsaturated/α-hetero) is 1. The van der Waals surface area contributed by atoms with E-state index >= 15 is 0 Å². The molecule has 0 radical (unpaired) electrons. The highest BCUT2D eigenvalue weighted by molar-refractivity contribution is 6.34. The van der Waals surface area contributed by atoms with E-state index in [2.05, 4.69) is 30.9 Å². The molecule has 1 aliphatic carbocycles. The highest BCUT2D eigenvalue weighted by atomic mass is 35.5. The van der Waals surface area contributed by atoms with E-state index < -0.39 is 29.7 Å². The van der Waals surface area contributed by atoms with Crippen molar-refractivity contribution in [2.45, 2.75) is 57.5 Å². The van der Waals surface area contributed by atoms with Crippen LogP contribution in [0.5, 0.6) is 0 Å². The molecule has 0 bridgehead atoms. The number of nitrogens with one attached hydrogen (secondary N) is 3. The van der Waals surface area contributed by atoms with Gasteiger partial charge in [0, 0.05) is 79.8 Å². The van der Waals surface area contributed by atoms with Crippen molar-refractivity contribution in [2.75, 3.05) is 76.0 Å². The average Bonchev–Trinajstić information content (AvgIpc) is 3.98. The monoisotopic (exact) mass is 894 g/mol. The Labute approximate surface area is 375 Å². The van der Waals surface area contributed by atoms with Crippen LogP contribution < -0.4 is 20.9 Å². The summed E-state index contributed by atoms with van der Waals surface area (Å²) in [7, 11) is 0. The number of imide groups is 2. The number of nitrogens with zero attached hydrogens (tertiary/aromatic N) is 5. The maximum Gasteiger partial charge on any atom is 0.264 e. The summed E-state index contributed by atoms with van der Waals surface area (Å²) in [4.78, 5) is 83.0. The molecule has 336 valence electrons. The highest BCUT2D eigenvalue weighted by Crippen LogP contribution is 2.46. The van der Waals surface area contributed by atoms with Crippen LogP contribution in [0.4, 0.5) is 11.4 Å². The molecule has 2 saturated heterocycles. The Kier molecular flexibility index (Phi) is 14.1. The number of fused-ring (bicyclic) bond motifs is 1. The van der Waals surface area contributed by atoms with E-state index in [1.807, 2.05) is 36.7 Å². The van der Waals surface area contributed by atoms with Crippen molar-refractivity contribution in [3.8, 4) is 22.3 Å². The van der Waals surface area contributed by atoms with Crippen LogP contribution in [0.1, 0.15) is 65.7 Å². The minimum absolute atomic E-state index is 0.0537. The van der Waals surface area contributed by atoms with E-state index in [0.717, 1.165) is 71.6 Å². The van der Waals surface area contributed by atoms with Crippen molar-refractivity contribution in [3.63, 3.8) is 0 Å². The first kappa shape index (κ1) is 44.6. The van der Waals surface area contributed by atoms with Crippen LogP contribution in [-0.2, 0) is 39.9 Å². The number of rotatable bonds is 19. The predicted molar refractivity (Wildman–Crippen MR) is 236 cm³/mol. The number of hydrogen-bond acceptors (Lipinski definition) is 13. The van der Waals surface area contributed by atoms with Crippen LogP contribution >= 0.6 is 11.6 Å². The molecule has 17 nitrogen and oxygen atoms in total. The number of carbonyl (C=O) groups excluding carboxylic acids is 6. The van der Waals surface area contributed by atoms with Gasteiger partial charge in [-0.05, 0) is 55.4 Å². The number of benzene rings is 2. The van der Waals surface area contributed by atoms with E-state index in [4.69, 9.17) is 25.8 Å². The summed E-state index contributed by atoms with van der Waals surface area (Å²) >= 11 is 6.74. The summed E-state index contributed by atoms with van der Waals surface area (Å²) in [6.07, 6.45) is 11.6. The fourth-order valence-corrected chi connectivity index (χ4v) is 9.29. The molecule has 18 heteroatoms. The van der Waals surface area contributed by atoms with Gasteiger partial charge in [0.1, 0.15) is 18.4 Å². The van der Waals surface area contributed by atoms with E-state index in [1.54, 1.807) is 35.3 Å². The topological polar surface area (TPSA) is 203 Å². The van der Waals surface area contributed by atoms with Gasteiger partial charge in [0.05, 0.1) is 67.7 Å². The van der Waals surface area contributed by atoms with Gasteiger partial charge in [-0.3, -0.25) is 48.6 Å². The summed E-state index contributed by atoms with van der Waals surface area (Å²) in [5, 5.41) is 13.2. The number of amides is 5. The van der Waals surface area contributed by atoms with Gasteiger partial charge < -0.3 is 29.7 Å². The van der Waals surface area contributed by atoms with Gasteiger partial charge in [-0.25, -0.2) is 0 Å². The third-order valence-corrected chi connectivity index (χ3v) is 12.6. The second-order valence-electron chi connectivity index (χ2n) is 16.4. The SMILES string of the molecule is O=C(Cn1cc(-c2ccc(-c3cncc(Cl)c3N3CCC4(CCCC4=O)CC3)cc2)cn1)NCCOCCOCCOCCNc1cccc2c1C(=O)N(C1CCC(=O)NC1=O)C2=O. The molecule has 1 unspecified atom stereocenters. The van der Waals surface area contributed by atoms with Crippen LogP contribution in [0.3, 0.4) is 0 Å². The second-order valence-corrected chi connectivity index (χ2v) is 16.8. The van der Waals surface area contributed by atoms with Gasteiger partial charge in [0.25, 0.3) is 11.8 Å². The van der Waals surface area contributed by atoms with Crippen molar-refractivity contribution < 1.29 is 43.0 Å². The van der Waals surface area contributed by atoms with Crippen LogP contribution in [0.25, 0.3) is 22.3 Å². The molecule has 3 fully saturated rings. The number of ether oxygens (including phenoxy) is 3. The molecule has 5 amide bonds. The smallest absolute Gasteiger partial charge is 0.264 e. The Morgan fingerprint density at radius 1 is 0.797 bits per heavy atom. The lowest BCUT2D eigenvalue weighted by molar-refractivity contribution is -0.136. The molecule has 1 saturated carbocycles. The largest absolute Gasteiger partial charge is 0.382 e. The van der Waals surface area contributed by atoms with Crippen molar-refractivity contribution in [3.05, 3.63) is 83.4 Å². The first-order valence-corrected chi connectivity index (χ1v) is 22.1. The number of pyridine rings is 1. The Balaban J connectivity index is 0.684. The number of halogens is 1. The number of ketones is 1. The Morgan fingerprint density at radius 3 is 2.23 bits per heavy atom.